The van der Waals surface area contributed by atoms with Crippen LogP contribution in [0.1, 0.15) is 30.2 Å². The van der Waals surface area contributed by atoms with Crippen molar-refractivity contribution in [2.75, 3.05) is 0 Å². The minimum atomic E-state index is -0.359. The average molecular weight is 228 g/mol. The first-order chi connectivity index (χ1) is 8.27. The van der Waals surface area contributed by atoms with E-state index in [9.17, 15) is 5.11 Å². The van der Waals surface area contributed by atoms with Gasteiger partial charge in [-0.25, -0.2) is 0 Å². The molecule has 1 heterocycles. The van der Waals surface area contributed by atoms with Crippen molar-refractivity contribution in [3.63, 3.8) is 0 Å². The molecule has 3 rings (SSSR count). The van der Waals surface area contributed by atoms with Crippen molar-refractivity contribution in [1.82, 2.24) is 9.78 Å². The molecule has 2 aromatic rings. The highest BCUT2D eigenvalue weighted by atomic mass is 16.3. The van der Waals surface area contributed by atoms with Gasteiger partial charge < -0.3 is 5.11 Å². The lowest BCUT2D eigenvalue weighted by molar-refractivity contribution is 0.156. The molecular formula is C14H16N2O. The summed E-state index contributed by atoms with van der Waals surface area (Å²) in [5.74, 6) is 0. The van der Waals surface area contributed by atoms with Crippen LogP contribution in [0.5, 0.6) is 0 Å². The highest BCUT2D eigenvalue weighted by molar-refractivity contribution is 5.65. The summed E-state index contributed by atoms with van der Waals surface area (Å²) >= 11 is 0. The van der Waals surface area contributed by atoms with Crippen LogP contribution in [-0.4, -0.2) is 14.9 Å². The SMILES string of the molecule is Cn1nc(-c2ccccc2)c2c1CCCC2O. The zero-order valence-electron chi connectivity index (χ0n) is 9.93. The molecule has 1 aromatic carbocycles. The standard InChI is InChI=1S/C14H16N2O/c1-16-11-8-5-9-12(17)13(11)14(15-16)10-6-3-2-4-7-10/h2-4,6-7,12,17H,5,8-9H2,1H3. The molecule has 0 saturated carbocycles. The zero-order valence-corrected chi connectivity index (χ0v) is 9.93. The summed E-state index contributed by atoms with van der Waals surface area (Å²) in [5.41, 5.74) is 4.24. The van der Waals surface area contributed by atoms with Crippen LogP contribution in [0, 0.1) is 0 Å². The van der Waals surface area contributed by atoms with Gasteiger partial charge in [0.05, 0.1) is 11.8 Å². The molecule has 0 amide bonds. The van der Waals surface area contributed by atoms with Gasteiger partial charge in [-0.15, -0.1) is 0 Å². The summed E-state index contributed by atoms with van der Waals surface area (Å²) in [7, 11) is 1.96. The van der Waals surface area contributed by atoms with Crippen LogP contribution >= 0.6 is 0 Å². The Balaban J connectivity index is 2.18. The molecule has 1 unspecified atom stereocenters. The van der Waals surface area contributed by atoms with E-state index in [-0.39, 0.29) is 6.10 Å². The normalized spacial score (nSPS) is 19.1. The molecule has 3 heteroatoms. The lowest BCUT2D eigenvalue weighted by atomic mass is 9.91. The number of fused-ring (bicyclic) bond motifs is 1. The van der Waals surface area contributed by atoms with E-state index in [1.807, 2.05) is 42.1 Å². The van der Waals surface area contributed by atoms with Crippen molar-refractivity contribution in [2.45, 2.75) is 25.4 Å². The van der Waals surface area contributed by atoms with Gasteiger partial charge in [0.1, 0.15) is 0 Å². The second-order valence-corrected chi connectivity index (χ2v) is 4.61. The average Bonchev–Trinajstić information content (AvgIpc) is 2.70. The Hall–Kier alpha value is -1.61. The Bertz CT molecular complexity index is 531. The third-order valence-electron chi connectivity index (χ3n) is 3.48. The lowest BCUT2D eigenvalue weighted by Gasteiger charge is -2.18. The molecule has 3 nitrogen and oxygen atoms in total. The Labute approximate surface area is 101 Å². The first kappa shape index (κ1) is 10.5. The number of nitrogens with zero attached hydrogens (tertiary/aromatic N) is 2. The topological polar surface area (TPSA) is 38.0 Å². The van der Waals surface area contributed by atoms with Crippen molar-refractivity contribution in [1.29, 1.82) is 0 Å². The molecule has 1 aliphatic rings. The van der Waals surface area contributed by atoms with E-state index < -0.39 is 0 Å². The molecule has 0 bridgehead atoms. The molecular weight excluding hydrogens is 212 g/mol. The molecule has 1 N–H and O–H groups in total. The number of benzene rings is 1. The number of hydrogen-bond acceptors (Lipinski definition) is 2. The number of aryl methyl sites for hydroxylation is 1. The lowest BCUT2D eigenvalue weighted by Crippen LogP contribution is -2.10. The first-order valence-corrected chi connectivity index (χ1v) is 6.06. The summed E-state index contributed by atoms with van der Waals surface area (Å²) in [6.45, 7) is 0. The first-order valence-electron chi connectivity index (χ1n) is 6.06. The van der Waals surface area contributed by atoms with Crippen LogP contribution < -0.4 is 0 Å². The van der Waals surface area contributed by atoms with Gasteiger partial charge in [-0.2, -0.15) is 5.10 Å². The molecule has 88 valence electrons. The fourth-order valence-corrected chi connectivity index (χ4v) is 2.64. The number of aliphatic hydroxyl groups is 1. The molecule has 1 atom stereocenters. The molecule has 1 aliphatic carbocycles. The van der Waals surface area contributed by atoms with Crippen molar-refractivity contribution < 1.29 is 5.11 Å². The predicted octanol–water partition coefficient (Wildman–Crippen LogP) is 2.46. The third-order valence-corrected chi connectivity index (χ3v) is 3.48. The number of rotatable bonds is 1. The number of hydrogen-bond donors (Lipinski definition) is 1. The van der Waals surface area contributed by atoms with Crippen LogP contribution in [0.4, 0.5) is 0 Å². The highest BCUT2D eigenvalue weighted by Crippen LogP contribution is 2.36. The molecule has 0 spiro atoms. The minimum absolute atomic E-state index is 0.359. The molecule has 0 saturated heterocycles. The molecule has 1 aromatic heterocycles. The Kier molecular flexibility index (Phi) is 2.48. The molecule has 17 heavy (non-hydrogen) atoms. The van der Waals surface area contributed by atoms with Gasteiger partial charge in [-0.1, -0.05) is 30.3 Å². The number of aromatic nitrogens is 2. The van der Waals surface area contributed by atoms with Crippen molar-refractivity contribution in [3.05, 3.63) is 41.6 Å². The smallest absolute Gasteiger partial charge is 0.0984 e. The monoisotopic (exact) mass is 228 g/mol. The summed E-state index contributed by atoms with van der Waals surface area (Å²) < 4.78 is 1.92. The summed E-state index contributed by atoms with van der Waals surface area (Å²) in [6, 6.07) is 10.1. The molecule has 0 radical (unpaired) electrons. The van der Waals surface area contributed by atoms with Gasteiger partial charge in [-0.3, -0.25) is 4.68 Å². The van der Waals surface area contributed by atoms with E-state index in [4.69, 9.17) is 0 Å². The summed E-state index contributed by atoms with van der Waals surface area (Å²) in [5, 5.41) is 14.7. The largest absolute Gasteiger partial charge is 0.388 e. The van der Waals surface area contributed by atoms with E-state index in [0.29, 0.717) is 0 Å². The third kappa shape index (κ3) is 1.67. The van der Waals surface area contributed by atoms with E-state index in [1.54, 1.807) is 0 Å². The quantitative estimate of drug-likeness (QED) is 0.814. The second-order valence-electron chi connectivity index (χ2n) is 4.61. The van der Waals surface area contributed by atoms with E-state index in [1.165, 1.54) is 5.69 Å². The van der Waals surface area contributed by atoms with Gasteiger partial charge in [-0.05, 0) is 19.3 Å². The van der Waals surface area contributed by atoms with E-state index >= 15 is 0 Å². The predicted molar refractivity (Wildman–Crippen MR) is 66.5 cm³/mol. The van der Waals surface area contributed by atoms with Crippen molar-refractivity contribution >= 4 is 0 Å². The van der Waals surface area contributed by atoms with Gasteiger partial charge in [0.15, 0.2) is 0 Å². The van der Waals surface area contributed by atoms with Crippen LogP contribution in [0.2, 0.25) is 0 Å². The Morgan fingerprint density at radius 2 is 2.06 bits per heavy atom. The highest BCUT2D eigenvalue weighted by Gasteiger charge is 2.26. The van der Waals surface area contributed by atoms with Gasteiger partial charge in [0.25, 0.3) is 0 Å². The number of aliphatic hydroxyl groups excluding tert-OH is 1. The van der Waals surface area contributed by atoms with Crippen LogP contribution in [0.25, 0.3) is 11.3 Å². The van der Waals surface area contributed by atoms with Crippen LogP contribution in [0.3, 0.4) is 0 Å². The zero-order chi connectivity index (χ0) is 11.8. The minimum Gasteiger partial charge on any atom is -0.388 e. The fourth-order valence-electron chi connectivity index (χ4n) is 2.64. The maximum Gasteiger partial charge on any atom is 0.0984 e. The fraction of sp³-hybridized carbons (Fsp3) is 0.357. The van der Waals surface area contributed by atoms with Crippen molar-refractivity contribution in [3.8, 4) is 11.3 Å². The Morgan fingerprint density at radius 1 is 1.29 bits per heavy atom. The molecule has 0 aliphatic heterocycles. The van der Waals surface area contributed by atoms with Crippen LogP contribution in [-0.2, 0) is 13.5 Å². The van der Waals surface area contributed by atoms with E-state index in [2.05, 4.69) is 5.10 Å². The maximum absolute atomic E-state index is 10.2. The maximum atomic E-state index is 10.2. The molecule has 0 fully saturated rings. The van der Waals surface area contributed by atoms with Gasteiger partial charge in [0.2, 0.25) is 0 Å². The Morgan fingerprint density at radius 3 is 2.82 bits per heavy atom. The second kappa shape index (κ2) is 4.00. The van der Waals surface area contributed by atoms with Gasteiger partial charge in [0, 0.05) is 23.9 Å². The summed E-state index contributed by atoms with van der Waals surface area (Å²) in [6.07, 6.45) is 2.55. The van der Waals surface area contributed by atoms with Crippen LogP contribution in [0.15, 0.2) is 30.3 Å². The van der Waals surface area contributed by atoms with Gasteiger partial charge >= 0.3 is 0 Å². The summed E-state index contributed by atoms with van der Waals surface area (Å²) in [4.78, 5) is 0. The van der Waals surface area contributed by atoms with E-state index in [0.717, 1.165) is 36.1 Å². The van der Waals surface area contributed by atoms with Crippen molar-refractivity contribution in [2.24, 2.45) is 7.05 Å².